The van der Waals surface area contributed by atoms with Gasteiger partial charge >= 0.3 is 0 Å². The van der Waals surface area contributed by atoms with Gasteiger partial charge in [-0.1, -0.05) is 17.3 Å². The Kier molecular flexibility index (Phi) is 5.25. The second-order valence-electron chi connectivity index (χ2n) is 7.37. The van der Waals surface area contributed by atoms with Crippen LogP contribution in [0.3, 0.4) is 0 Å². The highest BCUT2D eigenvalue weighted by Gasteiger charge is 2.28. The third kappa shape index (κ3) is 3.97. The van der Waals surface area contributed by atoms with Crippen molar-refractivity contribution in [2.24, 2.45) is 0 Å². The molecule has 1 aliphatic rings. The Morgan fingerprint density at radius 3 is 2.79 bits per heavy atom. The van der Waals surface area contributed by atoms with Crippen LogP contribution in [0.25, 0.3) is 11.1 Å². The molecule has 0 radical (unpaired) electrons. The lowest BCUT2D eigenvalue weighted by Crippen LogP contribution is -2.40. The summed E-state index contributed by atoms with van der Waals surface area (Å²) in [5, 5.41) is 4.01. The lowest BCUT2D eigenvalue weighted by molar-refractivity contribution is -0.131. The molecule has 5 nitrogen and oxygen atoms in total. The Morgan fingerprint density at radius 2 is 2.07 bits per heavy atom. The van der Waals surface area contributed by atoms with Crippen molar-refractivity contribution >= 4 is 17.0 Å². The van der Waals surface area contributed by atoms with Gasteiger partial charge in [0.25, 0.3) is 12.1 Å². The molecule has 3 aromatic rings. The topological polar surface area (TPSA) is 59.2 Å². The molecule has 0 spiro atoms. The summed E-state index contributed by atoms with van der Waals surface area (Å²) in [5.74, 6) is -0.585. The number of hydrogen-bond acceptors (Lipinski definition) is 4. The normalized spacial score (nSPS) is 17.3. The summed E-state index contributed by atoms with van der Waals surface area (Å²) in [6.45, 7) is 2.60. The Labute approximate surface area is 165 Å². The van der Waals surface area contributed by atoms with Crippen molar-refractivity contribution < 1.29 is 22.5 Å². The molecule has 29 heavy (non-hydrogen) atoms. The number of halogens is 3. The summed E-state index contributed by atoms with van der Waals surface area (Å²) in [6, 6.07) is 7.24. The van der Waals surface area contributed by atoms with Crippen LogP contribution in [0.5, 0.6) is 0 Å². The largest absolute Gasteiger partial charge is 0.342 e. The zero-order valence-electron chi connectivity index (χ0n) is 15.9. The van der Waals surface area contributed by atoms with E-state index in [1.165, 1.54) is 18.2 Å². The number of aryl methyl sites for hydroxylation is 1. The number of fused-ring (bicyclic) bond motifs is 1. The zero-order valence-corrected chi connectivity index (χ0v) is 15.9. The molecule has 1 saturated heterocycles. The van der Waals surface area contributed by atoms with E-state index in [-0.39, 0.29) is 40.7 Å². The fourth-order valence-corrected chi connectivity index (χ4v) is 3.86. The van der Waals surface area contributed by atoms with Gasteiger partial charge in [0, 0.05) is 30.3 Å². The monoisotopic (exact) mass is 403 g/mol. The van der Waals surface area contributed by atoms with Gasteiger partial charge in [0.05, 0.1) is 17.5 Å². The Hall–Kier alpha value is -2.90. The van der Waals surface area contributed by atoms with Gasteiger partial charge in [-0.2, -0.15) is 0 Å². The second-order valence-corrected chi connectivity index (χ2v) is 7.37. The average molecular weight is 403 g/mol. The van der Waals surface area contributed by atoms with E-state index in [0.29, 0.717) is 24.5 Å². The number of pyridine rings is 1. The summed E-state index contributed by atoms with van der Waals surface area (Å²) in [7, 11) is 0. The maximum absolute atomic E-state index is 13.6. The molecule has 1 atom stereocenters. The molecule has 0 saturated carbocycles. The minimum Gasteiger partial charge on any atom is -0.342 e. The molecular formula is C21H20F3N3O2. The summed E-state index contributed by atoms with van der Waals surface area (Å²) < 4.78 is 45.4. The second kappa shape index (κ2) is 7.85. The van der Waals surface area contributed by atoms with Crippen LogP contribution in [0, 0.1) is 12.7 Å². The molecule has 3 heterocycles. The Bertz CT molecular complexity index is 1030. The first-order valence-electron chi connectivity index (χ1n) is 9.49. The summed E-state index contributed by atoms with van der Waals surface area (Å²) in [6.07, 6.45) is -1.01. The smallest absolute Gasteiger partial charge is 0.264 e. The minimum absolute atomic E-state index is 0.0769. The van der Waals surface area contributed by atoms with Crippen LogP contribution in [0.4, 0.5) is 13.2 Å². The number of alkyl halides is 2. The third-order valence-electron chi connectivity index (χ3n) is 5.36. The number of likely N-dealkylation sites (tertiary alicyclic amines) is 1. The van der Waals surface area contributed by atoms with Crippen LogP contribution in [-0.4, -0.2) is 34.0 Å². The van der Waals surface area contributed by atoms with E-state index in [9.17, 15) is 18.0 Å². The first-order valence-corrected chi connectivity index (χ1v) is 9.49. The number of aromatic nitrogens is 2. The van der Waals surface area contributed by atoms with E-state index < -0.39 is 6.43 Å². The lowest BCUT2D eigenvalue weighted by Gasteiger charge is -2.32. The maximum atomic E-state index is 13.6. The van der Waals surface area contributed by atoms with Gasteiger partial charge in [0.1, 0.15) is 5.82 Å². The molecule has 0 bridgehead atoms. The fourth-order valence-electron chi connectivity index (χ4n) is 3.86. The van der Waals surface area contributed by atoms with Gasteiger partial charge in [-0.15, -0.1) is 0 Å². The average Bonchev–Trinajstić information content (AvgIpc) is 3.10. The Morgan fingerprint density at radius 1 is 1.31 bits per heavy atom. The molecule has 1 aliphatic heterocycles. The highest BCUT2D eigenvalue weighted by molar-refractivity contribution is 5.81. The van der Waals surface area contributed by atoms with E-state index in [4.69, 9.17) is 4.52 Å². The first kappa shape index (κ1) is 19.4. The van der Waals surface area contributed by atoms with Gasteiger partial charge in [0.15, 0.2) is 0 Å². The van der Waals surface area contributed by atoms with E-state index >= 15 is 0 Å². The van der Waals surface area contributed by atoms with Gasteiger partial charge in [-0.05, 0) is 43.5 Å². The van der Waals surface area contributed by atoms with Crippen molar-refractivity contribution in [2.45, 2.75) is 38.5 Å². The van der Waals surface area contributed by atoms with Crippen LogP contribution < -0.4 is 0 Å². The fraction of sp³-hybridized carbons (Fsp3) is 0.381. The number of piperidine rings is 1. The van der Waals surface area contributed by atoms with Crippen LogP contribution in [0.15, 0.2) is 34.9 Å². The van der Waals surface area contributed by atoms with Crippen molar-refractivity contribution in [1.29, 1.82) is 0 Å². The number of amides is 1. The van der Waals surface area contributed by atoms with Gasteiger partial charge < -0.3 is 9.42 Å². The van der Waals surface area contributed by atoms with Crippen molar-refractivity contribution in [2.75, 3.05) is 13.1 Å². The Balaban J connectivity index is 1.55. The molecule has 152 valence electrons. The highest BCUT2D eigenvalue weighted by Crippen LogP contribution is 2.34. The van der Waals surface area contributed by atoms with Gasteiger partial charge in [0.2, 0.25) is 5.91 Å². The molecular weight excluding hydrogens is 383 g/mol. The molecule has 8 heteroatoms. The predicted molar refractivity (Wildman–Crippen MR) is 100 cm³/mol. The SMILES string of the molecule is Cc1noc2nc([C@H]3CCCN(C(=O)Cc4ccc(F)cc4)C3)cc(C(F)F)c12. The van der Waals surface area contributed by atoms with Crippen LogP contribution in [0.1, 0.15) is 47.7 Å². The lowest BCUT2D eigenvalue weighted by atomic mass is 9.92. The summed E-state index contributed by atoms with van der Waals surface area (Å²) >= 11 is 0. The summed E-state index contributed by atoms with van der Waals surface area (Å²) in [5.41, 5.74) is 1.57. The van der Waals surface area contributed by atoms with Crippen molar-refractivity contribution in [1.82, 2.24) is 15.0 Å². The van der Waals surface area contributed by atoms with Crippen LogP contribution >= 0.6 is 0 Å². The third-order valence-corrected chi connectivity index (χ3v) is 5.36. The van der Waals surface area contributed by atoms with E-state index in [2.05, 4.69) is 10.1 Å². The van der Waals surface area contributed by atoms with E-state index in [1.807, 2.05) is 0 Å². The van der Waals surface area contributed by atoms with E-state index in [1.54, 1.807) is 24.0 Å². The standard InChI is InChI=1S/C21H20F3N3O2/c1-12-19-16(20(23)24)10-17(25-21(19)29-26-12)14-3-2-8-27(11-14)18(28)9-13-4-6-15(22)7-5-13/h4-7,10,14,20H,2-3,8-9,11H2,1H3/t14-/m0/s1. The minimum atomic E-state index is -2.67. The van der Waals surface area contributed by atoms with Crippen molar-refractivity contribution in [3.63, 3.8) is 0 Å². The number of hydrogen-bond donors (Lipinski definition) is 0. The first-order chi connectivity index (χ1) is 13.9. The molecule has 4 rings (SSSR count). The highest BCUT2D eigenvalue weighted by atomic mass is 19.3. The number of carbonyl (C=O) groups is 1. The molecule has 1 fully saturated rings. The predicted octanol–water partition coefficient (Wildman–Crippen LogP) is 4.56. The quantitative estimate of drug-likeness (QED) is 0.641. The van der Waals surface area contributed by atoms with E-state index in [0.717, 1.165) is 18.4 Å². The molecule has 0 aliphatic carbocycles. The molecule has 1 amide bonds. The number of nitrogens with zero attached hydrogens (tertiary/aromatic N) is 3. The van der Waals surface area contributed by atoms with Crippen molar-refractivity contribution in [3.05, 3.63) is 58.7 Å². The number of rotatable bonds is 4. The summed E-state index contributed by atoms with van der Waals surface area (Å²) in [4.78, 5) is 18.8. The van der Waals surface area contributed by atoms with Crippen LogP contribution in [0.2, 0.25) is 0 Å². The molecule has 2 aromatic heterocycles. The molecule has 0 N–H and O–H groups in total. The number of carbonyl (C=O) groups excluding carboxylic acids is 1. The van der Waals surface area contributed by atoms with Crippen molar-refractivity contribution in [3.8, 4) is 0 Å². The molecule has 1 aromatic carbocycles. The van der Waals surface area contributed by atoms with Crippen LogP contribution in [-0.2, 0) is 11.2 Å². The zero-order chi connectivity index (χ0) is 20.5. The molecule has 0 unspecified atom stereocenters. The van der Waals surface area contributed by atoms with Gasteiger partial charge in [-0.25, -0.2) is 18.2 Å². The van der Waals surface area contributed by atoms with Gasteiger partial charge in [-0.3, -0.25) is 4.79 Å². The number of benzene rings is 1. The maximum Gasteiger partial charge on any atom is 0.264 e.